The van der Waals surface area contributed by atoms with Crippen LogP contribution in [0, 0.1) is 22.7 Å². The number of hydrogen-bond donors (Lipinski definition) is 7. The van der Waals surface area contributed by atoms with Crippen molar-refractivity contribution in [2.45, 2.75) is 119 Å². The average molecular weight is 499 g/mol. The number of aliphatic hydroxyl groups is 7. The summed E-state index contributed by atoms with van der Waals surface area (Å²) >= 11 is 0. The van der Waals surface area contributed by atoms with E-state index in [2.05, 4.69) is 6.58 Å². The molecule has 0 aromatic heterocycles. The summed E-state index contributed by atoms with van der Waals surface area (Å²) in [5.74, 6) is -0.217. The van der Waals surface area contributed by atoms with Crippen LogP contribution in [-0.2, 0) is 9.47 Å². The van der Waals surface area contributed by atoms with Crippen LogP contribution in [0.5, 0.6) is 0 Å². The topological polar surface area (TPSA) is 160 Å². The quantitative estimate of drug-likeness (QED) is 0.265. The fraction of sp³-hybridized carbons (Fsp3) is 0.923. The van der Waals surface area contributed by atoms with E-state index in [-0.39, 0.29) is 17.3 Å². The van der Waals surface area contributed by atoms with E-state index >= 15 is 0 Å². The van der Waals surface area contributed by atoms with Gasteiger partial charge in [-0.15, -0.1) is 0 Å². The smallest absolute Gasteiger partial charge is 0.186 e. The van der Waals surface area contributed by atoms with E-state index in [1.54, 1.807) is 6.92 Å². The molecular formula is C26H42O9. The van der Waals surface area contributed by atoms with E-state index in [4.69, 9.17) is 9.47 Å². The van der Waals surface area contributed by atoms with Crippen LogP contribution in [0.1, 0.15) is 65.7 Å². The van der Waals surface area contributed by atoms with E-state index in [0.717, 1.165) is 5.57 Å². The molecule has 0 amide bonds. The van der Waals surface area contributed by atoms with Gasteiger partial charge in [-0.2, -0.15) is 0 Å². The summed E-state index contributed by atoms with van der Waals surface area (Å²) in [7, 11) is 0. The minimum absolute atomic E-state index is 0.0672. The highest BCUT2D eigenvalue weighted by Gasteiger charge is 2.70. The molecule has 2 bridgehead atoms. The highest BCUT2D eigenvalue weighted by atomic mass is 16.7. The van der Waals surface area contributed by atoms with E-state index < -0.39 is 65.6 Å². The molecule has 12 atom stereocenters. The van der Waals surface area contributed by atoms with Crippen molar-refractivity contribution in [1.29, 1.82) is 0 Å². The van der Waals surface area contributed by atoms with Gasteiger partial charge in [-0.25, -0.2) is 0 Å². The standard InChI is InChI=1S/C26H42O9/c1-13-14-5-6-25(32)12-24(14,11-23(25,4)31)7-8-26(33)15(13)9-17(22(26,2)3)35-21-20(30)19(29)18(28)16(10-27)34-21/h14-21,27-33H,1,5-12H2,2-4H3/t14-,15+,16+,17-,18+,19-,20+,21-,23+,24+,25-,26-/m0/s1. The lowest BCUT2D eigenvalue weighted by molar-refractivity contribution is -0.319. The summed E-state index contributed by atoms with van der Waals surface area (Å²) in [5, 5.41) is 74.8. The van der Waals surface area contributed by atoms with Crippen molar-refractivity contribution in [3.63, 3.8) is 0 Å². The monoisotopic (exact) mass is 498 g/mol. The molecule has 1 aliphatic heterocycles. The third-order valence-electron chi connectivity index (χ3n) is 10.9. The molecule has 0 aromatic rings. The molecule has 7 N–H and O–H groups in total. The van der Waals surface area contributed by atoms with Gasteiger partial charge < -0.3 is 45.2 Å². The lowest BCUT2D eigenvalue weighted by atomic mass is 9.62. The van der Waals surface area contributed by atoms with Gasteiger partial charge in [0.2, 0.25) is 0 Å². The predicted octanol–water partition coefficient (Wildman–Crippen LogP) is -0.0290. The van der Waals surface area contributed by atoms with Crippen molar-refractivity contribution in [3.8, 4) is 0 Å². The number of fused-ring (bicyclic) bond motifs is 2. The Hall–Kier alpha value is -0.620. The summed E-state index contributed by atoms with van der Waals surface area (Å²) in [6.45, 7) is 9.49. The van der Waals surface area contributed by atoms with Crippen molar-refractivity contribution in [3.05, 3.63) is 12.2 Å². The Kier molecular flexibility index (Phi) is 5.90. The zero-order valence-electron chi connectivity index (χ0n) is 20.9. The Balaban J connectivity index is 1.41. The van der Waals surface area contributed by atoms with Crippen LogP contribution in [0.2, 0.25) is 0 Å². The maximum atomic E-state index is 12.2. The van der Waals surface area contributed by atoms with Crippen molar-refractivity contribution >= 4 is 0 Å². The maximum absolute atomic E-state index is 12.2. The van der Waals surface area contributed by atoms with Crippen LogP contribution in [0.4, 0.5) is 0 Å². The summed E-state index contributed by atoms with van der Waals surface area (Å²) < 4.78 is 11.8. The molecule has 5 aliphatic rings. The van der Waals surface area contributed by atoms with Crippen molar-refractivity contribution in [1.82, 2.24) is 0 Å². The van der Waals surface area contributed by atoms with Gasteiger partial charge in [0.1, 0.15) is 24.4 Å². The third-order valence-corrected chi connectivity index (χ3v) is 10.9. The first-order valence-corrected chi connectivity index (χ1v) is 12.9. The van der Waals surface area contributed by atoms with Crippen molar-refractivity contribution in [2.75, 3.05) is 6.61 Å². The molecule has 5 rings (SSSR count). The van der Waals surface area contributed by atoms with E-state index in [1.165, 1.54) is 0 Å². The molecule has 9 heteroatoms. The molecule has 0 aromatic carbocycles. The van der Waals surface area contributed by atoms with Gasteiger partial charge in [0.25, 0.3) is 0 Å². The molecule has 0 unspecified atom stereocenters. The molecule has 9 nitrogen and oxygen atoms in total. The first kappa shape index (κ1) is 26.0. The Labute approximate surface area is 206 Å². The zero-order chi connectivity index (χ0) is 25.8. The maximum Gasteiger partial charge on any atom is 0.186 e. The SMILES string of the molecule is C=C1[C@H]2C[C@H](O[C@@H]3O[C@H](CO)[C@@H](O)[C@H](O)[C@H]3O)C(C)(C)[C@]2(O)CC[C@@]23C[C@@](O)(CC[C@@H]12)[C@](C)(O)C3. The fourth-order valence-corrected chi connectivity index (χ4v) is 8.54. The molecule has 200 valence electrons. The molecule has 1 spiro atoms. The highest BCUT2D eigenvalue weighted by Crippen LogP contribution is 2.69. The van der Waals surface area contributed by atoms with Crippen LogP contribution in [0.3, 0.4) is 0 Å². The number of aliphatic hydroxyl groups excluding tert-OH is 4. The Morgan fingerprint density at radius 1 is 0.943 bits per heavy atom. The molecular weight excluding hydrogens is 456 g/mol. The lowest BCUT2D eigenvalue weighted by Crippen LogP contribution is -2.60. The van der Waals surface area contributed by atoms with Gasteiger partial charge in [0.05, 0.1) is 29.5 Å². The number of rotatable bonds is 3. The Morgan fingerprint density at radius 2 is 1.63 bits per heavy atom. The second-order valence-corrected chi connectivity index (χ2v) is 12.9. The van der Waals surface area contributed by atoms with Gasteiger partial charge in [-0.3, -0.25) is 0 Å². The van der Waals surface area contributed by atoms with Gasteiger partial charge in [0, 0.05) is 11.3 Å². The molecule has 4 saturated carbocycles. The van der Waals surface area contributed by atoms with E-state index in [9.17, 15) is 35.7 Å². The minimum atomic E-state index is -1.53. The molecule has 1 heterocycles. The fourth-order valence-electron chi connectivity index (χ4n) is 8.54. The lowest BCUT2D eigenvalue weighted by Gasteiger charge is -2.45. The molecule has 5 fully saturated rings. The van der Waals surface area contributed by atoms with Gasteiger partial charge in [0.15, 0.2) is 6.29 Å². The number of hydrogen-bond acceptors (Lipinski definition) is 9. The largest absolute Gasteiger partial charge is 0.394 e. The van der Waals surface area contributed by atoms with Gasteiger partial charge in [-0.1, -0.05) is 26.0 Å². The number of ether oxygens (including phenoxy) is 2. The molecule has 1 saturated heterocycles. The van der Waals surface area contributed by atoms with Crippen LogP contribution in [0.25, 0.3) is 0 Å². The van der Waals surface area contributed by atoms with Gasteiger partial charge in [-0.05, 0) is 63.2 Å². The average Bonchev–Trinajstić information content (AvgIpc) is 3.03. The first-order valence-electron chi connectivity index (χ1n) is 12.9. The van der Waals surface area contributed by atoms with E-state index in [0.29, 0.717) is 44.9 Å². The van der Waals surface area contributed by atoms with Crippen LogP contribution < -0.4 is 0 Å². The predicted molar refractivity (Wildman–Crippen MR) is 124 cm³/mol. The minimum Gasteiger partial charge on any atom is -0.394 e. The van der Waals surface area contributed by atoms with Crippen molar-refractivity contribution in [2.24, 2.45) is 22.7 Å². The summed E-state index contributed by atoms with van der Waals surface area (Å²) in [4.78, 5) is 0. The molecule has 4 aliphatic carbocycles. The van der Waals surface area contributed by atoms with Gasteiger partial charge >= 0.3 is 0 Å². The van der Waals surface area contributed by atoms with Crippen LogP contribution in [0.15, 0.2) is 12.2 Å². The summed E-state index contributed by atoms with van der Waals surface area (Å²) in [6.07, 6.45) is -3.66. The Bertz CT molecular complexity index is 869. The second-order valence-electron chi connectivity index (χ2n) is 12.9. The highest BCUT2D eigenvalue weighted by molar-refractivity contribution is 5.30. The first-order chi connectivity index (χ1) is 16.1. The molecule has 35 heavy (non-hydrogen) atoms. The Morgan fingerprint density at radius 3 is 2.29 bits per heavy atom. The van der Waals surface area contributed by atoms with Crippen molar-refractivity contribution < 1.29 is 45.2 Å². The second kappa shape index (κ2) is 7.94. The molecule has 0 radical (unpaired) electrons. The summed E-state index contributed by atoms with van der Waals surface area (Å²) in [5.41, 5.74) is -3.61. The van der Waals surface area contributed by atoms with Crippen LogP contribution in [-0.4, -0.2) is 96.0 Å². The summed E-state index contributed by atoms with van der Waals surface area (Å²) in [6, 6.07) is 0. The third kappa shape index (κ3) is 3.40. The van der Waals surface area contributed by atoms with Crippen LogP contribution >= 0.6 is 0 Å². The van der Waals surface area contributed by atoms with E-state index in [1.807, 2.05) is 13.8 Å². The zero-order valence-corrected chi connectivity index (χ0v) is 20.9. The normalized spacial score (nSPS) is 57.5.